The third kappa shape index (κ3) is 10.7. The molecule has 2 unspecified atom stereocenters. The first-order valence-electron chi connectivity index (χ1n) is 39.9. The van der Waals surface area contributed by atoms with Crippen LogP contribution < -0.4 is 9.80 Å². The smallest absolute Gasteiger partial charge is 0.136 e. The minimum absolute atomic E-state index is 0.0104. The quantitative estimate of drug-likeness (QED) is 0.109. The fraction of sp³-hybridized carbons (Fsp3) is 0.0727. The van der Waals surface area contributed by atoms with Gasteiger partial charge in [-0.05, 0) is 214 Å². The molecule has 3 aliphatic carbocycles. The summed E-state index contributed by atoms with van der Waals surface area (Å²) in [5.41, 5.74) is 34.0. The Morgan fingerprint density at radius 1 is 0.316 bits per heavy atom. The van der Waals surface area contributed by atoms with Crippen LogP contribution in [0.3, 0.4) is 0 Å². The molecule has 3 aliphatic rings. The highest BCUT2D eigenvalue weighted by Gasteiger charge is 2.45. The standard InChI is InChI=1S/C110H78N2O2/c1-109(2)93-50-15-8-42-89(93)105-85(46-25-52-95(105)109)81-38-10-17-54-97(81)112(78-36-23-34-76(68-78)80-45-24-32-72-30-6-7-37-79(72)80)100-57-20-13-41-84(100)88-49-28-60-104-108(88)92-65-70(61-64-102(92)114-104)69-110(3)94-51-16-9-43-90(94)106-86(47-26-53-96(106)110)82-39-11-18-55-98(82)111(77-35-22-33-74(67-77)75-63-62-71-29-4-5-31-73(71)66-75)99-56-19-12-40-83(99)87-48-27-59-103-107(87)91-44-14-21-58-101(91)113-103/h4-46,48-68,86H,47,69H2,1-3H3. The molecule has 4 nitrogen and oxygen atoms in total. The van der Waals surface area contributed by atoms with Gasteiger partial charge in [0.2, 0.25) is 0 Å². The first kappa shape index (κ1) is 66.9. The monoisotopic (exact) mass is 1460 g/mol. The van der Waals surface area contributed by atoms with E-state index in [0.29, 0.717) is 0 Å². The first-order chi connectivity index (χ1) is 56.2. The molecule has 540 valence electrons. The summed E-state index contributed by atoms with van der Waals surface area (Å²) in [6, 6.07) is 139. The molecule has 0 aliphatic heterocycles. The van der Waals surface area contributed by atoms with Crippen molar-refractivity contribution in [3.05, 3.63) is 427 Å². The van der Waals surface area contributed by atoms with Gasteiger partial charge in [0, 0.05) is 72.0 Å². The second kappa shape index (κ2) is 26.6. The van der Waals surface area contributed by atoms with Gasteiger partial charge in [-0.2, -0.15) is 0 Å². The van der Waals surface area contributed by atoms with Crippen molar-refractivity contribution < 1.29 is 8.83 Å². The van der Waals surface area contributed by atoms with E-state index in [2.05, 4.69) is 419 Å². The van der Waals surface area contributed by atoms with E-state index in [4.69, 9.17) is 8.83 Å². The fourth-order valence-electron chi connectivity index (χ4n) is 19.9. The molecule has 2 heterocycles. The van der Waals surface area contributed by atoms with Crippen molar-refractivity contribution in [1.82, 2.24) is 0 Å². The number of hydrogen-bond acceptors (Lipinski definition) is 4. The van der Waals surface area contributed by atoms with Gasteiger partial charge in [0.05, 0.1) is 17.1 Å². The first-order valence-corrected chi connectivity index (χ1v) is 39.9. The minimum atomic E-state index is -0.406. The predicted molar refractivity (Wildman–Crippen MR) is 477 cm³/mol. The van der Waals surface area contributed by atoms with Crippen LogP contribution in [0, 0.1) is 0 Å². The van der Waals surface area contributed by atoms with Crippen molar-refractivity contribution in [2.24, 2.45) is 0 Å². The normalized spacial score (nSPS) is 15.3. The molecule has 22 rings (SSSR count). The average molecular weight is 1460 g/mol. The van der Waals surface area contributed by atoms with Crippen molar-refractivity contribution >= 4 is 105 Å². The molecule has 0 N–H and O–H groups in total. The molecule has 0 amide bonds. The zero-order valence-corrected chi connectivity index (χ0v) is 63.7. The van der Waals surface area contributed by atoms with Gasteiger partial charge < -0.3 is 18.6 Å². The number of rotatable bonds is 14. The Morgan fingerprint density at radius 2 is 0.798 bits per heavy atom. The van der Waals surface area contributed by atoms with Crippen LogP contribution >= 0.6 is 0 Å². The number of fused-ring (bicyclic) bond motifs is 13. The molecular weight excluding hydrogens is 1380 g/mol. The Bertz CT molecular complexity index is 7210. The molecule has 0 saturated carbocycles. The van der Waals surface area contributed by atoms with E-state index in [9.17, 15) is 0 Å². The molecule has 2 atom stereocenters. The highest BCUT2D eigenvalue weighted by Crippen LogP contribution is 2.60. The lowest BCUT2D eigenvalue weighted by Gasteiger charge is -2.34. The zero-order valence-electron chi connectivity index (χ0n) is 63.7. The molecule has 0 spiro atoms. The summed E-state index contributed by atoms with van der Waals surface area (Å²) in [4.78, 5) is 5.07. The highest BCUT2D eigenvalue weighted by molar-refractivity contribution is 6.16. The molecule has 4 heteroatoms. The Balaban J connectivity index is 0.679. The van der Waals surface area contributed by atoms with Crippen LogP contribution in [-0.4, -0.2) is 0 Å². The summed E-state index contributed by atoms with van der Waals surface area (Å²) in [6.07, 6.45) is 6.53. The van der Waals surface area contributed by atoms with Gasteiger partial charge in [0.1, 0.15) is 22.3 Å². The van der Waals surface area contributed by atoms with Crippen LogP contribution in [0.2, 0.25) is 0 Å². The van der Waals surface area contributed by atoms with Gasteiger partial charge in [-0.3, -0.25) is 0 Å². The van der Waals surface area contributed by atoms with E-state index in [0.717, 1.165) is 130 Å². The van der Waals surface area contributed by atoms with Gasteiger partial charge in [-0.25, -0.2) is 0 Å². The summed E-state index contributed by atoms with van der Waals surface area (Å²) >= 11 is 0. The van der Waals surface area contributed by atoms with Crippen molar-refractivity contribution in [1.29, 1.82) is 0 Å². The van der Waals surface area contributed by atoms with Crippen LogP contribution in [0.25, 0.3) is 138 Å². The molecular formula is C110H78N2O2. The molecule has 114 heavy (non-hydrogen) atoms. The van der Waals surface area contributed by atoms with Gasteiger partial charge in [-0.15, -0.1) is 0 Å². The maximum absolute atomic E-state index is 7.07. The molecule has 0 fully saturated rings. The molecule has 0 bridgehead atoms. The maximum Gasteiger partial charge on any atom is 0.136 e. The molecule has 2 aromatic heterocycles. The number of para-hydroxylation sites is 5. The van der Waals surface area contributed by atoms with Crippen LogP contribution in [-0.2, 0) is 17.3 Å². The number of allylic oxidation sites excluding steroid dienone is 4. The van der Waals surface area contributed by atoms with Gasteiger partial charge in [-0.1, -0.05) is 324 Å². The Labute approximate surface area is 663 Å². The van der Waals surface area contributed by atoms with Gasteiger partial charge in [0.15, 0.2) is 0 Å². The number of benzene rings is 17. The lowest BCUT2D eigenvalue weighted by molar-refractivity contribution is 0.575. The largest absolute Gasteiger partial charge is 0.456 e. The Hall–Kier alpha value is -14.1. The summed E-state index contributed by atoms with van der Waals surface area (Å²) < 4.78 is 13.7. The SMILES string of the molecule is CC1(Cc2ccc3oc4cccc(-c5ccccc5N(c5cccc(-c6cccc7ccccc67)c5)c5ccccc5-c5cccc6c5-c5ccccc5C6(C)C)c4c3c2)C2=C(c3ccccc31)C(c1ccccc1N(c1cccc(-c3ccc4ccccc4c3)c1)c1ccccc1-c1cccc3oc4ccccc4c13)CC=C2. The summed E-state index contributed by atoms with van der Waals surface area (Å²) in [7, 11) is 0. The highest BCUT2D eigenvalue weighted by atomic mass is 16.3. The third-order valence-corrected chi connectivity index (χ3v) is 25.1. The van der Waals surface area contributed by atoms with Crippen LogP contribution in [0.4, 0.5) is 34.1 Å². The number of furan rings is 2. The summed E-state index contributed by atoms with van der Waals surface area (Å²) in [6.45, 7) is 7.25. The van der Waals surface area contributed by atoms with E-state index in [1.54, 1.807) is 0 Å². The Morgan fingerprint density at radius 3 is 1.54 bits per heavy atom. The average Bonchev–Trinajstić information content (AvgIpc) is 1.55. The molecule has 19 aromatic rings. The predicted octanol–water partition coefficient (Wildman–Crippen LogP) is 30.4. The minimum Gasteiger partial charge on any atom is -0.456 e. The number of anilines is 6. The maximum atomic E-state index is 7.07. The molecule has 0 radical (unpaired) electrons. The molecule has 17 aromatic carbocycles. The topological polar surface area (TPSA) is 32.8 Å². The summed E-state index contributed by atoms with van der Waals surface area (Å²) in [5, 5.41) is 9.27. The number of nitrogens with zero attached hydrogens (tertiary/aromatic N) is 2. The molecule has 0 saturated heterocycles. The van der Waals surface area contributed by atoms with Gasteiger partial charge in [0.25, 0.3) is 0 Å². The second-order valence-corrected chi connectivity index (χ2v) is 31.8. The van der Waals surface area contributed by atoms with Crippen molar-refractivity contribution in [3.63, 3.8) is 0 Å². The second-order valence-electron chi connectivity index (χ2n) is 31.8. The van der Waals surface area contributed by atoms with Crippen LogP contribution in [0.1, 0.15) is 66.5 Å². The van der Waals surface area contributed by atoms with Crippen molar-refractivity contribution in [3.8, 4) is 66.8 Å². The van der Waals surface area contributed by atoms with E-state index < -0.39 is 5.41 Å². The van der Waals surface area contributed by atoms with E-state index in [-0.39, 0.29) is 11.3 Å². The van der Waals surface area contributed by atoms with E-state index >= 15 is 0 Å². The number of hydrogen-bond donors (Lipinski definition) is 0. The zero-order chi connectivity index (χ0) is 75.8. The van der Waals surface area contributed by atoms with Gasteiger partial charge >= 0.3 is 0 Å². The fourth-order valence-corrected chi connectivity index (χ4v) is 19.9. The lowest BCUT2D eigenvalue weighted by Crippen LogP contribution is -2.25. The van der Waals surface area contributed by atoms with E-state index in [1.165, 1.54) is 93.9 Å². The van der Waals surface area contributed by atoms with Crippen LogP contribution in [0.15, 0.2) is 403 Å². The van der Waals surface area contributed by atoms with Crippen LogP contribution in [0.5, 0.6) is 0 Å². The Kier molecular flexibility index (Phi) is 15.6. The summed E-state index contributed by atoms with van der Waals surface area (Å²) in [5.74, 6) is 0.0104. The third-order valence-electron chi connectivity index (χ3n) is 25.1. The lowest BCUT2D eigenvalue weighted by atomic mass is 9.72. The van der Waals surface area contributed by atoms with Crippen molar-refractivity contribution in [2.75, 3.05) is 9.80 Å². The van der Waals surface area contributed by atoms with Crippen molar-refractivity contribution in [2.45, 2.75) is 50.4 Å². The van der Waals surface area contributed by atoms with E-state index in [1.807, 2.05) is 0 Å².